The Labute approximate surface area is 176 Å². The van der Waals surface area contributed by atoms with Crippen molar-refractivity contribution in [3.8, 4) is 0 Å². The fraction of sp³-hybridized carbons (Fsp3) is 0.292. The van der Waals surface area contributed by atoms with Crippen LogP contribution in [0.15, 0.2) is 66.7 Å². The smallest absolute Gasteiger partial charge is 0.325 e. The molecule has 30 heavy (non-hydrogen) atoms. The molecule has 6 heteroatoms. The van der Waals surface area contributed by atoms with Gasteiger partial charge < -0.3 is 15.0 Å². The van der Waals surface area contributed by atoms with Gasteiger partial charge in [-0.05, 0) is 30.0 Å². The number of hydrogen-bond acceptors (Lipinski definition) is 4. The van der Waals surface area contributed by atoms with E-state index in [2.05, 4.69) is 5.32 Å². The highest BCUT2D eigenvalue weighted by atomic mass is 16.5. The van der Waals surface area contributed by atoms with Crippen molar-refractivity contribution in [2.24, 2.45) is 5.92 Å². The maximum Gasteiger partial charge on any atom is 0.325 e. The second-order valence-electron chi connectivity index (χ2n) is 7.21. The summed E-state index contributed by atoms with van der Waals surface area (Å²) in [7, 11) is 0. The van der Waals surface area contributed by atoms with E-state index >= 15 is 0 Å². The zero-order valence-electron chi connectivity index (χ0n) is 16.8. The van der Waals surface area contributed by atoms with Crippen LogP contribution >= 0.6 is 0 Å². The minimum Gasteiger partial charge on any atom is -0.460 e. The number of benzene rings is 2. The molecule has 0 atom stereocenters. The van der Waals surface area contributed by atoms with Crippen molar-refractivity contribution in [3.05, 3.63) is 77.9 Å². The molecule has 6 nitrogen and oxygen atoms in total. The monoisotopic (exact) mass is 406 g/mol. The van der Waals surface area contributed by atoms with E-state index < -0.39 is 5.97 Å². The molecule has 0 aromatic heterocycles. The van der Waals surface area contributed by atoms with Gasteiger partial charge >= 0.3 is 5.97 Å². The Morgan fingerprint density at radius 2 is 1.60 bits per heavy atom. The molecular formula is C24H26N2O4. The van der Waals surface area contributed by atoms with Crippen molar-refractivity contribution >= 4 is 23.9 Å². The summed E-state index contributed by atoms with van der Waals surface area (Å²) in [6.45, 7) is 1.08. The van der Waals surface area contributed by atoms with Gasteiger partial charge in [0.2, 0.25) is 11.8 Å². The van der Waals surface area contributed by atoms with E-state index in [1.807, 2.05) is 60.7 Å². The Balaban J connectivity index is 1.36. The zero-order chi connectivity index (χ0) is 21.2. The van der Waals surface area contributed by atoms with Crippen LogP contribution in [0.3, 0.4) is 0 Å². The molecule has 3 rings (SSSR count). The number of rotatable bonds is 7. The number of ether oxygens (including phenoxy) is 1. The van der Waals surface area contributed by atoms with Gasteiger partial charge in [0.25, 0.3) is 0 Å². The van der Waals surface area contributed by atoms with Crippen LogP contribution in [-0.4, -0.2) is 42.3 Å². The van der Waals surface area contributed by atoms with Gasteiger partial charge in [0.15, 0.2) is 0 Å². The molecule has 1 N–H and O–H groups in total. The molecule has 156 valence electrons. The molecule has 0 aliphatic carbocycles. The summed E-state index contributed by atoms with van der Waals surface area (Å²) in [5, 5.41) is 2.65. The van der Waals surface area contributed by atoms with Crippen molar-refractivity contribution in [1.82, 2.24) is 10.2 Å². The molecule has 1 saturated heterocycles. The van der Waals surface area contributed by atoms with Crippen LogP contribution in [0.2, 0.25) is 0 Å². The lowest BCUT2D eigenvalue weighted by Crippen LogP contribution is -2.43. The number of amides is 2. The molecule has 1 heterocycles. The van der Waals surface area contributed by atoms with Crippen LogP contribution in [0, 0.1) is 5.92 Å². The summed E-state index contributed by atoms with van der Waals surface area (Å²) in [5.74, 6) is -0.888. The van der Waals surface area contributed by atoms with Gasteiger partial charge in [-0.3, -0.25) is 14.4 Å². The fourth-order valence-corrected chi connectivity index (χ4v) is 3.29. The Bertz CT molecular complexity index is 873. The van der Waals surface area contributed by atoms with E-state index in [1.54, 1.807) is 17.1 Å². The molecular weight excluding hydrogens is 380 g/mol. The molecule has 0 spiro atoms. The largest absolute Gasteiger partial charge is 0.460 e. The van der Waals surface area contributed by atoms with Crippen molar-refractivity contribution in [1.29, 1.82) is 0 Å². The Kier molecular flexibility index (Phi) is 7.78. The Morgan fingerprint density at radius 3 is 2.27 bits per heavy atom. The third-order valence-electron chi connectivity index (χ3n) is 5.04. The van der Waals surface area contributed by atoms with E-state index in [0.717, 1.165) is 11.1 Å². The number of nitrogens with zero attached hydrogens (tertiary/aromatic N) is 1. The molecule has 0 radical (unpaired) electrons. The van der Waals surface area contributed by atoms with Gasteiger partial charge in [0, 0.05) is 25.1 Å². The van der Waals surface area contributed by atoms with Gasteiger partial charge in [-0.1, -0.05) is 60.7 Å². The number of esters is 1. The molecule has 1 aliphatic rings. The summed E-state index contributed by atoms with van der Waals surface area (Å²) >= 11 is 0. The summed E-state index contributed by atoms with van der Waals surface area (Å²) in [6.07, 6.45) is 4.52. The lowest BCUT2D eigenvalue weighted by molar-refractivity contribution is -0.145. The topological polar surface area (TPSA) is 75.7 Å². The highest BCUT2D eigenvalue weighted by Crippen LogP contribution is 2.18. The molecule has 0 bridgehead atoms. The van der Waals surface area contributed by atoms with Crippen LogP contribution in [-0.2, 0) is 25.7 Å². The standard InChI is InChI=1S/C24H26N2O4/c27-22(12-11-19-7-3-1-4-8-19)26-15-13-21(14-16-26)24(29)25-17-23(28)30-18-20-9-5-2-6-10-20/h1-12,21H,13-18H2,(H,25,29)/b12-11+. The predicted molar refractivity (Wildman–Crippen MR) is 114 cm³/mol. The van der Waals surface area contributed by atoms with Crippen LogP contribution in [0.4, 0.5) is 0 Å². The summed E-state index contributed by atoms with van der Waals surface area (Å²) < 4.78 is 5.16. The quantitative estimate of drug-likeness (QED) is 0.567. The van der Waals surface area contributed by atoms with Gasteiger partial charge in [-0.25, -0.2) is 0 Å². The predicted octanol–water partition coefficient (Wildman–Crippen LogP) is 2.80. The van der Waals surface area contributed by atoms with E-state index in [-0.39, 0.29) is 30.9 Å². The van der Waals surface area contributed by atoms with Crippen LogP contribution < -0.4 is 5.32 Å². The number of hydrogen-bond donors (Lipinski definition) is 1. The zero-order valence-corrected chi connectivity index (χ0v) is 16.8. The molecule has 2 aromatic carbocycles. The lowest BCUT2D eigenvalue weighted by Gasteiger charge is -2.30. The van der Waals surface area contributed by atoms with Crippen LogP contribution in [0.25, 0.3) is 6.08 Å². The van der Waals surface area contributed by atoms with Crippen molar-refractivity contribution in [2.45, 2.75) is 19.4 Å². The third kappa shape index (κ3) is 6.58. The Hall–Kier alpha value is -3.41. The van der Waals surface area contributed by atoms with E-state index in [0.29, 0.717) is 25.9 Å². The summed E-state index contributed by atoms with van der Waals surface area (Å²) in [5.41, 5.74) is 1.87. The minimum atomic E-state index is -0.467. The number of nitrogens with one attached hydrogen (secondary N) is 1. The van der Waals surface area contributed by atoms with Crippen LogP contribution in [0.5, 0.6) is 0 Å². The van der Waals surface area contributed by atoms with Crippen molar-refractivity contribution < 1.29 is 19.1 Å². The number of carbonyl (C=O) groups is 3. The van der Waals surface area contributed by atoms with E-state index in [9.17, 15) is 14.4 Å². The number of carbonyl (C=O) groups excluding carboxylic acids is 3. The Morgan fingerprint density at radius 1 is 0.967 bits per heavy atom. The first kappa shape index (κ1) is 21.3. The van der Waals surface area contributed by atoms with Gasteiger partial charge in [-0.15, -0.1) is 0 Å². The normalized spacial score (nSPS) is 14.5. The first-order valence-electron chi connectivity index (χ1n) is 10.1. The first-order chi connectivity index (χ1) is 14.6. The SMILES string of the molecule is O=C(CNC(=O)C1CCN(C(=O)/C=C/c2ccccc2)CC1)OCc1ccccc1. The van der Waals surface area contributed by atoms with Gasteiger partial charge in [0.05, 0.1) is 0 Å². The second kappa shape index (κ2) is 11.0. The second-order valence-corrected chi connectivity index (χ2v) is 7.21. The third-order valence-corrected chi connectivity index (χ3v) is 5.04. The van der Waals surface area contributed by atoms with Gasteiger partial charge in [0.1, 0.15) is 13.2 Å². The highest BCUT2D eigenvalue weighted by Gasteiger charge is 2.26. The van der Waals surface area contributed by atoms with Crippen molar-refractivity contribution in [3.63, 3.8) is 0 Å². The van der Waals surface area contributed by atoms with E-state index in [4.69, 9.17) is 4.74 Å². The molecule has 1 aliphatic heterocycles. The average Bonchev–Trinajstić information content (AvgIpc) is 2.81. The summed E-state index contributed by atoms with van der Waals surface area (Å²) in [6, 6.07) is 19.0. The lowest BCUT2D eigenvalue weighted by atomic mass is 9.96. The molecule has 0 unspecified atom stereocenters. The van der Waals surface area contributed by atoms with Gasteiger partial charge in [-0.2, -0.15) is 0 Å². The number of piperidine rings is 1. The fourth-order valence-electron chi connectivity index (χ4n) is 3.29. The molecule has 2 amide bonds. The maximum atomic E-state index is 12.3. The number of likely N-dealkylation sites (tertiary alicyclic amines) is 1. The highest BCUT2D eigenvalue weighted by molar-refractivity contribution is 5.92. The maximum absolute atomic E-state index is 12.3. The molecule has 0 saturated carbocycles. The average molecular weight is 406 g/mol. The minimum absolute atomic E-state index is 0.0535. The van der Waals surface area contributed by atoms with E-state index in [1.165, 1.54) is 0 Å². The molecule has 2 aromatic rings. The van der Waals surface area contributed by atoms with Crippen molar-refractivity contribution in [2.75, 3.05) is 19.6 Å². The summed E-state index contributed by atoms with van der Waals surface area (Å²) in [4.78, 5) is 38.2. The first-order valence-corrected chi connectivity index (χ1v) is 10.1. The molecule has 1 fully saturated rings. The van der Waals surface area contributed by atoms with Crippen LogP contribution in [0.1, 0.15) is 24.0 Å².